The van der Waals surface area contributed by atoms with E-state index in [0.29, 0.717) is 11.3 Å². The van der Waals surface area contributed by atoms with Gasteiger partial charge < -0.3 is 4.74 Å². The highest BCUT2D eigenvalue weighted by molar-refractivity contribution is 5.88. The molecular formula is C12H20O2. The van der Waals surface area contributed by atoms with E-state index in [-0.39, 0.29) is 5.97 Å². The standard InChI is InChI=1S/C12H20O2/c1-12(2,3)10-7-5-9(6-8-10)11(13)14-4/h5,10H,6-8H2,1-4H3. The van der Waals surface area contributed by atoms with Gasteiger partial charge in [0.1, 0.15) is 0 Å². The van der Waals surface area contributed by atoms with E-state index in [2.05, 4.69) is 20.8 Å². The Morgan fingerprint density at radius 2 is 2.14 bits per heavy atom. The highest BCUT2D eigenvalue weighted by Gasteiger charge is 2.27. The van der Waals surface area contributed by atoms with E-state index in [1.807, 2.05) is 6.08 Å². The van der Waals surface area contributed by atoms with Crippen LogP contribution in [0, 0.1) is 11.3 Å². The van der Waals surface area contributed by atoms with Gasteiger partial charge in [-0.15, -0.1) is 0 Å². The van der Waals surface area contributed by atoms with Crippen LogP contribution < -0.4 is 0 Å². The van der Waals surface area contributed by atoms with Crippen molar-refractivity contribution in [3.63, 3.8) is 0 Å². The van der Waals surface area contributed by atoms with E-state index in [1.54, 1.807) is 0 Å². The van der Waals surface area contributed by atoms with Crippen molar-refractivity contribution in [3.05, 3.63) is 11.6 Å². The maximum absolute atomic E-state index is 11.2. The zero-order valence-corrected chi connectivity index (χ0v) is 9.59. The van der Waals surface area contributed by atoms with Crippen LogP contribution >= 0.6 is 0 Å². The Morgan fingerprint density at radius 1 is 1.50 bits per heavy atom. The van der Waals surface area contributed by atoms with Crippen LogP contribution in [0.25, 0.3) is 0 Å². The Morgan fingerprint density at radius 3 is 2.50 bits per heavy atom. The molecular weight excluding hydrogens is 176 g/mol. The molecule has 80 valence electrons. The molecule has 1 unspecified atom stereocenters. The number of carbonyl (C=O) groups is 1. The van der Waals surface area contributed by atoms with Crippen LogP contribution in [0.15, 0.2) is 11.6 Å². The quantitative estimate of drug-likeness (QED) is 0.603. The van der Waals surface area contributed by atoms with Crippen molar-refractivity contribution in [2.24, 2.45) is 11.3 Å². The van der Waals surface area contributed by atoms with Crippen LogP contribution in [0.4, 0.5) is 0 Å². The average Bonchev–Trinajstić information content (AvgIpc) is 2.15. The molecule has 0 N–H and O–H groups in total. The molecule has 0 spiro atoms. The summed E-state index contributed by atoms with van der Waals surface area (Å²) in [6.07, 6.45) is 5.03. The number of rotatable bonds is 1. The molecule has 1 aliphatic rings. The third kappa shape index (κ3) is 2.60. The highest BCUT2D eigenvalue weighted by Crippen LogP contribution is 2.37. The minimum absolute atomic E-state index is 0.155. The Kier molecular flexibility index (Phi) is 3.35. The van der Waals surface area contributed by atoms with Crippen molar-refractivity contribution >= 4 is 5.97 Å². The van der Waals surface area contributed by atoms with Gasteiger partial charge in [0.15, 0.2) is 0 Å². The topological polar surface area (TPSA) is 26.3 Å². The fourth-order valence-electron chi connectivity index (χ4n) is 1.94. The fourth-order valence-corrected chi connectivity index (χ4v) is 1.94. The third-order valence-electron chi connectivity index (χ3n) is 3.08. The van der Waals surface area contributed by atoms with Gasteiger partial charge >= 0.3 is 5.97 Å². The normalized spacial score (nSPS) is 22.9. The molecule has 0 bridgehead atoms. The first-order valence-electron chi connectivity index (χ1n) is 5.22. The predicted octanol–water partition coefficient (Wildman–Crippen LogP) is 2.93. The van der Waals surface area contributed by atoms with Crippen LogP contribution in [0.5, 0.6) is 0 Å². The van der Waals surface area contributed by atoms with Crippen LogP contribution in [0.1, 0.15) is 40.0 Å². The maximum atomic E-state index is 11.2. The number of hydrogen-bond donors (Lipinski definition) is 0. The van der Waals surface area contributed by atoms with Crippen molar-refractivity contribution in [1.29, 1.82) is 0 Å². The van der Waals surface area contributed by atoms with Gasteiger partial charge in [0.05, 0.1) is 7.11 Å². The van der Waals surface area contributed by atoms with Gasteiger partial charge in [-0.1, -0.05) is 26.8 Å². The summed E-state index contributed by atoms with van der Waals surface area (Å²) >= 11 is 0. The smallest absolute Gasteiger partial charge is 0.333 e. The lowest BCUT2D eigenvalue weighted by atomic mass is 9.73. The van der Waals surface area contributed by atoms with Crippen LogP contribution in [0.3, 0.4) is 0 Å². The Hall–Kier alpha value is -0.790. The second kappa shape index (κ2) is 4.16. The second-order valence-electron chi connectivity index (χ2n) is 5.06. The molecule has 0 aromatic rings. The molecule has 0 aliphatic heterocycles. The molecule has 1 rings (SSSR count). The summed E-state index contributed by atoms with van der Waals surface area (Å²) in [5, 5.41) is 0. The molecule has 0 amide bonds. The minimum atomic E-state index is -0.155. The first-order chi connectivity index (χ1) is 6.45. The second-order valence-corrected chi connectivity index (χ2v) is 5.06. The first kappa shape index (κ1) is 11.3. The summed E-state index contributed by atoms with van der Waals surface area (Å²) in [5.41, 5.74) is 1.20. The van der Waals surface area contributed by atoms with Crippen molar-refractivity contribution in [2.75, 3.05) is 7.11 Å². The van der Waals surface area contributed by atoms with Gasteiger partial charge in [-0.3, -0.25) is 0 Å². The number of esters is 1. The lowest BCUT2D eigenvalue weighted by molar-refractivity contribution is -0.136. The summed E-state index contributed by atoms with van der Waals surface area (Å²) in [6.45, 7) is 6.78. The molecule has 1 aliphatic carbocycles. The Bertz CT molecular complexity index is 246. The van der Waals surface area contributed by atoms with Crippen molar-refractivity contribution < 1.29 is 9.53 Å². The number of hydrogen-bond acceptors (Lipinski definition) is 2. The summed E-state index contributed by atoms with van der Waals surface area (Å²) in [4.78, 5) is 11.2. The van der Waals surface area contributed by atoms with Crippen LogP contribution in [-0.4, -0.2) is 13.1 Å². The average molecular weight is 196 g/mol. The number of methoxy groups -OCH3 is 1. The summed E-state index contributed by atoms with van der Waals surface area (Å²) in [6, 6.07) is 0. The molecule has 1 atom stereocenters. The molecule has 2 nitrogen and oxygen atoms in total. The molecule has 14 heavy (non-hydrogen) atoms. The van der Waals surface area contributed by atoms with Crippen molar-refractivity contribution in [1.82, 2.24) is 0 Å². The zero-order valence-electron chi connectivity index (χ0n) is 9.59. The summed E-state index contributed by atoms with van der Waals surface area (Å²) in [7, 11) is 1.44. The molecule has 0 aromatic heterocycles. The molecule has 0 fully saturated rings. The zero-order chi connectivity index (χ0) is 10.8. The van der Waals surface area contributed by atoms with Crippen molar-refractivity contribution in [2.45, 2.75) is 40.0 Å². The predicted molar refractivity (Wildman–Crippen MR) is 56.9 cm³/mol. The monoisotopic (exact) mass is 196 g/mol. The van der Waals surface area contributed by atoms with Crippen molar-refractivity contribution in [3.8, 4) is 0 Å². The third-order valence-corrected chi connectivity index (χ3v) is 3.08. The lowest BCUT2D eigenvalue weighted by Crippen LogP contribution is -2.23. The van der Waals surface area contributed by atoms with Gasteiger partial charge in [-0.05, 0) is 30.6 Å². The highest BCUT2D eigenvalue weighted by atomic mass is 16.5. The van der Waals surface area contributed by atoms with Gasteiger partial charge in [0.25, 0.3) is 0 Å². The Balaban J connectivity index is 2.60. The number of ether oxygens (including phenoxy) is 1. The molecule has 0 saturated carbocycles. The van der Waals surface area contributed by atoms with Gasteiger partial charge in [0.2, 0.25) is 0 Å². The van der Waals surface area contributed by atoms with Gasteiger partial charge in [-0.2, -0.15) is 0 Å². The molecule has 0 radical (unpaired) electrons. The maximum Gasteiger partial charge on any atom is 0.333 e. The van der Waals surface area contributed by atoms with E-state index < -0.39 is 0 Å². The minimum Gasteiger partial charge on any atom is -0.466 e. The number of allylic oxidation sites excluding steroid dienone is 1. The lowest BCUT2D eigenvalue weighted by Gasteiger charge is -2.32. The van der Waals surface area contributed by atoms with Gasteiger partial charge in [-0.25, -0.2) is 4.79 Å². The molecule has 2 heteroatoms. The van der Waals surface area contributed by atoms with E-state index in [4.69, 9.17) is 4.74 Å². The van der Waals surface area contributed by atoms with Gasteiger partial charge in [0, 0.05) is 5.57 Å². The number of carbonyl (C=O) groups excluding carboxylic acids is 1. The summed E-state index contributed by atoms with van der Waals surface area (Å²) < 4.78 is 4.70. The van der Waals surface area contributed by atoms with E-state index >= 15 is 0 Å². The first-order valence-corrected chi connectivity index (χ1v) is 5.22. The largest absolute Gasteiger partial charge is 0.466 e. The van der Waals surface area contributed by atoms with E-state index in [9.17, 15) is 4.79 Å². The molecule has 0 aromatic carbocycles. The van der Waals surface area contributed by atoms with Crippen LogP contribution in [0.2, 0.25) is 0 Å². The molecule has 0 saturated heterocycles. The van der Waals surface area contributed by atoms with E-state index in [0.717, 1.165) is 24.8 Å². The van der Waals surface area contributed by atoms with Crippen LogP contribution in [-0.2, 0) is 9.53 Å². The fraction of sp³-hybridized carbons (Fsp3) is 0.750. The SMILES string of the molecule is COC(=O)C1=CCC(C(C)(C)C)CC1. The summed E-state index contributed by atoms with van der Waals surface area (Å²) in [5.74, 6) is 0.535. The van der Waals surface area contributed by atoms with E-state index in [1.165, 1.54) is 7.11 Å². The Labute approximate surface area is 86.3 Å². The molecule has 0 heterocycles.